The maximum absolute atomic E-state index is 6.48. The fraction of sp³-hybridized carbons (Fsp3) is 0.364. The normalized spacial score (nSPS) is 15.9. The molecule has 29 heavy (non-hydrogen) atoms. The molecular formula is C22H23ClN6. The molecule has 1 aliphatic heterocycles. The quantitative estimate of drug-likeness (QED) is 0.695. The third-order valence-electron chi connectivity index (χ3n) is 5.48. The minimum Gasteiger partial charge on any atom is -0.352 e. The van der Waals surface area contributed by atoms with E-state index in [9.17, 15) is 0 Å². The molecule has 0 unspecified atom stereocenters. The maximum Gasteiger partial charge on any atom is 0.223 e. The van der Waals surface area contributed by atoms with E-state index < -0.39 is 0 Å². The van der Waals surface area contributed by atoms with Crippen molar-refractivity contribution in [1.29, 1.82) is 0 Å². The Morgan fingerprint density at radius 2 is 1.93 bits per heavy atom. The van der Waals surface area contributed by atoms with Crippen molar-refractivity contribution in [1.82, 2.24) is 19.9 Å². The van der Waals surface area contributed by atoms with E-state index in [1.807, 2.05) is 25.4 Å². The van der Waals surface area contributed by atoms with Gasteiger partial charge in [0.15, 0.2) is 0 Å². The lowest BCUT2D eigenvalue weighted by atomic mass is 10.0. The number of anilines is 2. The summed E-state index contributed by atoms with van der Waals surface area (Å²) in [5.74, 6) is 1.66. The van der Waals surface area contributed by atoms with Gasteiger partial charge in [-0.25, -0.2) is 15.0 Å². The van der Waals surface area contributed by atoms with Gasteiger partial charge in [-0.05, 0) is 43.9 Å². The Bertz CT molecular complexity index is 1080. The van der Waals surface area contributed by atoms with Gasteiger partial charge in [0.25, 0.3) is 0 Å². The summed E-state index contributed by atoms with van der Waals surface area (Å²) in [6, 6.07) is 4.73. The average Bonchev–Trinajstić information content (AvgIpc) is 3.52. The van der Waals surface area contributed by atoms with E-state index in [4.69, 9.17) is 16.6 Å². The van der Waals surface area contributed by atoms with Crippen LogP contribution >= 0.6 is 11.6 Å². The van der Waals surface area contributed by atoms with Crippen LogP contribution in [0.1, 0.15) is 35.2 Å². The summed E-state index contributed by atoms with van der Waals surface area (Å²) in [4.78, 5) is 20.7. The van der Waals surface area contributed by atoms with Crippen molar-refractivity contribution in [2.75, 3.05) is 16.8 Å². The van der Waals surface area contributed by atoms with Gasteiger partial charge in [-0.2, -0.15) is 0 Å². The second kappa shape index (κ2) is 7.26. The highest BCUT2D eigenvalue weighted by Crippen LogP contribution is 2.33. The molecular weight excluding hydrogens is 384 g/mol. The second-order valence-electron chi connectivity index (χ2n) is 7.96. The Hall–Kier alpha value is -2.73. The van der Waals surface area contributed by atoms with Gasteiger partial charge in [-0.15, -0.1) is 0 Å². The van der Waals surface area contributed by atoms with Gasteiger partial charge in [0.1, 0.15) is 5.82 Å². The predicted molar refractivity (Wildman–Crippen MR) is 115 cm³/mol. The zero-order chi connectivity index (χ0) is 20.0. The van der Waals surface area contributed by atoms with Crippen LogP contribution in [0.3, 0.4) is 0 Å². The smallest absolute Gasteiger partial charge is 0.223 e. The summed E-state index contributed by atoms with van der Waals surface area (Å²) in [5, 5.41) is 4.00. The van der Waals surface area contributed by atoms with E-state index in [-0.39, 0.29) is 0 Å². The molecule has 0 aromatic carbocycles. The molecule has 7 heteroatoms. The van der Waals surface area contributed by atoms with Crippen LogP contribution in [0, 0.1) is 13.8 Å². The average molecular weight is 407 g/mol. The SMILES string of the molecule is Cc1cnc(-c2cc(N3CCc4nc(NC5CC5)ncc4C3)ncc2Cl)c(C)c1. The second-order valence-corrected chi connectivity index (χ2v) is 8.36. The topological polar surface area (TPSA) is 66.8 Å². The first-order valence-electron chi connectivity index (χ1n) is 10.0. The number of nitrogens with zero attached hydrogens (tertiary/aromatic N) is 5. The van der Waals surface area contributed by atoms with Crippen LogP contribution < -0.4 is 10.2 Å². The molecule has 4 heterocycles. The summed E-state index contributed by atoms with van der Waals surface area (Å²) in [6.45, 7) is 5.71. The van der Waals surface area contributed by atoms with Crippen LogP contribution in [0.2, 0.25) is 5.02 Å². The molecule has 1 fully saturated rings. The molecule has 0 saturated heterocycles. The van der Waals surface area contributed by atoms with Gasteiger partial charge in [0.05, 0.1) is 16.4 Å². The molecule has 1 aliphatic carbocycles. The third kappa shape index (κ3) is 3.77. The molecule has 148 valence electrons. The van der Waals surface area contributed by atoms with E-state index in [1.54, 1.807) is 6.20 Å². The van der Waals surface area contributed by atoms with Crippen molar-refractivity contribution < 1.29 is 0 Å². The van der Waals surface area contributed by atoms with Crippen LogP contribution in [0.4, 0.5) is 11.8 Å². The van der Waals surface area contributed by atoms with E-state index >= 15 is 0 Å². The van der Waals surface area contributed by atoms with Crippen molar-refractivity contribution in [2.24, 2.45) is 0 Å². The highest BCUT2D eigenvalue weighted by Gasteiger charge is 2.24. The molecule has 0 atom stereocenters. The molecule has 0 amide bonds. The maximum atomic E-state index is 6.48. The highest BCUT2D eigenvalue weighted by atomic mass is 35.5. The molecule has 3 aromatic rings. The Morgan fingerprint density at radius 3 is 2.72 bits per heavy atom. The first kappa shape index (κ1) is 18.3. The number of nitrogens with one attached hydrogen (secondary N) is 1. The number of aryl methyl sites for hydroxylation is 2. The summed E-state index contributed by atoms with van der Waals surface area (Å²) in [6.07, 6.45) is 8.85. The Morgan fingerprint density at radius 1 is 1.07 bits per heavy atom. The summed E-state index contributed by atoms with van der Waals surface area (Å²) in [5.41, 5.74) is 6.35. The van der Waals surface area contributed by atoms with Crippen molar-refractivity contribution in [3.63, 3.8) is 0 Å². The van der Waals surface area contributed by atoms with E-state index in [1.165, 1.54) is 12.8 Å². The van der Waals surface area contributed by atoms with Crippen LogP contribution in [-0.4, -0.2) is 32.5 Å². The molecule has 1 saturated carbocycles. The van der Waals surface area contributed by atoms with Crippen molar-refractivity contribution in [3.8, 4) is 11.3 Å². The van der Waals surface area contributed by atoms with Gasteiger partial charge in [-0.1, -0.05) is 17.7 Å². The van der Waals surface area contributed by atoms with Crippen LogP contribution in [0.5, 0.6) is 0 Å². The molecule has 0 bridgehead atoms. The summed E-state index contributed by atoms with van der Waals surface area (Å²) < 4.78 is 0. The zero-order valence-electron chi connectivity index (χ0n) is 16.6. The minimum absolute atomic E-state index is 0.559. The number of pyridine rings is 2. The monoisotopic (exact) mass is 406 g/mol. The van der Waals surface area contributed by atoms with Crippen molar-refractivity contribution in [3.05, 3.63) is 58.1 Å². The van der Waals surface area contributed by atoms with Gasteiger partial charge in [0.2, 0.25) is 5.95 Å². The Labute approximate surface area is 175 Å². The number of rotatable bonds is 4. The van der Waals surface area contributed by atoms with Gasteiger partial charge >= 0.3 is 0 Å². The lowest BCUT2D eigenvalue weighted by Gasteiger charge is -2.29. The molecule has 6 nitrogen and oxygen atoms in total. The van der Waals surface area contributed by atoms with Crippen molar-refractivity contribution in [2.45, 2.75) is 45.7 Å². The number of aromatic nitrogens is 4. The number of fused-ring (bicyclic) bond motifs is 1. The Kier molecular flexibility index (Phi) is 4.59. The number of hydrogen-bond donors (Lipinski definition) is 1. The summed E-state index contributed by atoms with van der Waals surface area (Å²) >= 11 is 6.48. The molecule has 5 rings (SSSR count). The molecule has 0 spiro atoms. The lowest BCUT2D eigenvalue weighted by Crippen LogP contribution is -2.32. The van der Waals surface area contributed by atoms with Crippen LogP contribution in [0.15, 0.2) is 30.7 Å². The number of halogens is 1. The fourth-order valence-corrected chi connectivity index (χ4v) is 3.96. The molecule has 3 aromatic heterocycles. The first-order valence-corrected chi connectivity index (χ1v) is 10.4. The highest BCUT2D eigenvalue weighted by molar-refractivity contribution is 6.33. The molecule has 1 N–H and O–H groups in total. The third-order valence-corrected chi connectivity index (χ3v) is 5.78. The van der Waals surface area contributed by atoms with Crippen molar-refractivity contribution >= 4 is 23.4 Å². The van der Waals surface area contributed by atoms with Crippen LogP contribution in [0.25, 0.3) is 11.3 Å². The van der Waals surface area contributed by atoms with Gasteiger partial charge in [0, 0.05) is 55.3 Å². The first-order chi connectivity index (χ1) is 14.1. The lowest BCUT2D eigenvalue weighted by molar-refractivity contribution is 0.697. The van der Waals surface area contributed by atoms with Gasteiger partial charge < -0.3 is 10.2 Å². The fourth-order valence-electron chi connectivity index (χ4n) is 3.77. The van der Waals surface area contributed by atoms with E-state index in [0.29, 0.717) is 11.1 Å². The Balaban J connectivity index is 1.41. The summed E-state index contributed by atoms with van der Waals surface area (Å²) in [7, 11) is 0. The standard InChI is InChI=1S/C22H23ClN6/c1-13-7-14(2)21(25-9-13)17-8-20(24-11-18(17)23)29-6-5-19-15(12-29)10-26-22(28-19)27-16-3-4-16/h7-11,16H,3-6,12H2,1-2H3,(H,26,27,28). The van der Waals surface area contributed by atoms with Crippen LogP contribution in [-0.2, 0) is 13.0 Å². The molecule has 2 aliphatic rings. The zero-order valence-corrected chi connectivity index (χ0v) is 17.4. The van der Waals surface area contributed by atoms with E-state index in [2.05, 4.69) is 38.2 Å². The van der Waals surface area contributed by atoms with E-state index in [0.717, 1.165) is 64.9 Å². The minimum atomic E-state index is 0.559. The largest absolute Gasteiger partial charge is 0.352 e. The van der Waals surface area contributed by atoms with Gasteiger partial charge in [-0.3, -0.25) is 4.98 Å². The molecule has 0 radical (unpaired) electrons. The number of hydrogen-bond acceptors (Lipinski definition) is 6. The predicted octanol–water partition coefficient (Wildman–Crippen LogP) is 4.34.